The van der Waals surface area contributed by atoms with Crippen LogP contribution in [0.4, 0.5) is 11.8 Å². The third-order valence-corrected chi connectivity index (χ3v) is 4.09. The fraction of sp³-hybridized carbons (Fsp3) is 0.500. The molecule has 1 spiro atoms. The molecule has 4 rings (SSSR count). The predicted molar refractivity (Wildman–Crippen MR) is 69.7 cm³/mol. The molecular formula is C12H14N6O. The number of anilines is 2. The quantitative estimate of drug-likeness (QED) is 0.790. The molecule has 98 valence electrons. The summed E-state index contributed by atoms with van der Waals surface area (Å²) in [5, 5.41) is 0. The van der Waals surface area contributed by atoms with E-state index in [2.05, 4.69) is 24.8 Å². The molecule has 19 heavy (non-hydrogen) atoms. The van der Waals surface area contributed by atoms with Gasteiger partial charge in [0.25, 0.3) is 0 Å². The monoisotopic (exact) mass is 258 g/mol. The molecule has 1 atom stereocenters. The van der Waals surface area contributed by atoms with Crippen LogP contribution in [0.15, 0.2) is 12.5 Å². The highest BCUT2D eigenvalue weighted by molar-refractivity contribution is 5.83. The van der Waals surface area contributed by atoms with Crippen molar-refractivity contribution >= 4 is 22.8 Å². The number of nitrogen functional groups attached to an aromatic ring is 1. The van der Waals surface area contributed by atoms with Gasteiger partial charge in [-0.05, 0) is 12.8 Å². The molecule has 2 saturated heterocycles. The Hall–Kier alpha value is -2.02. The van der Waals surface area contributed by atoms with Gasteiger partial charge in [-0.1, -0.05) is 0 Å². The molecule has 0 radical (unpaired) electrons. The van der Waals surface area contributed by atoms with Crippen molar-refractivity contribution in [2.75, 3.05) is 30.4 Å². The van der Waals surface area contributed by atoms with Crippen molar-refractivity contribution in [2.45, 2.75) is 18.4 Å². The molecule has 0 aliphatic carbocycles. The highest BCUT2D eigenvalue weighted by Crippen LogP contribution is 2.40. The standard InChI is InChI=1S/C12H14N6O/c13-10-9-8(15-7-16-10)5-14-11(17-9)18-3-1-12(18)2-4-19-6-12/h5,7H,1-4,6H2,(H2,13,15,16). The number of ether oxygens (including phenoxy) is 1. The Morgan fingerprint density at radius 3 is 2.95 bits per heavy atom. The molecule has 2 aliphatic heterocycles. The lowest BCUT2D eigenvalue weighted by atomic mass is 9.84. The maximum Gasteiger partial charge on any atom is 0.226 e. The zero-order chi connectivity index (χ0) is 12.9. The first-order chi connectivity index (χ1) is 9.28. The average molecular weight is 258 g/mol. The second kappa shape index (κ2) is 3.74. The van der Waals surface area contributed by atoms with Crippen molar-refractivity contribution in [2.24, 2.45) is 0 Å². The van der Waals surface area contributed by atoms with Crippen LogP contribution in [0.3, 0.4) is 0 Å². The molecule has 1 unspecified atom stereocenters. The fourth-order valence-electron chi connectivity index (χ4n) is 2.85. The Kier molecular flexibility index (Phi) is 2.14. The van der Waals surface area contributed by atoms with Gasteiger partial charge in [0.2, 0.25) is 5.95 Å². The molecule has 2 N–H and O–H groups in total. The number of rotatable bonds is 1. The van der Waals surface area contributed by atoms with Crippen LogP contribution in [0.2, 0.25) is 0 Å². The van der Waals surface area contributed by atoms with Gasteiger partial charge in [-0.15, -0.1) is 0 Å². The zero-order valence-corrected chi connectivity index (χ0v) is 10.4. The van der Waals surface area contributed by atoms with E-state index in [4.69, 9.17) is 10.5 Å². The van der Waals surface area contributed by atoms with Gasteiger partial charge in [0.1, 0.15) is 17.4 Å². The average Bonchev–Trinajstić information content (AvgIpc) is 2.90. The van der Waals surface area contributed by atoms with Crippen LogP contribution in [0, 0.1) is 0 Å². The Morgan fingerprint density at radius 1 is 1.26 bits per heavy atom. The summed E-state index contributed by atoms with van der Waals surface area (Å²) in [5.74, 6) is 1.09. The normalized spacial score (nSPS) is 26.0. The smallest absolute Gasteiger partial charge is 0.226 e. The van der Waals surface area contributed by atoms with Crippen LogP contribution in [-0.4, -0.2) is 45.2 Å². The van der Waals surface area contributed by atoms with Crippen molar-refractivity contribution < 1.29 is 4.74 Å². The van der Waals surface area contributed by atoms with Crippen molar-refractivity contribution in [1.29, 1.82) is 0 Å². The number of hydrogen-bond acceptors (Lipinski definition) is 7. The van der Waals surface area contributed by atoms with Gasteiger partial charge in [0.15, 0.2) is 5.82 Å². The van der Waals surface area contributed by atoms with Gasteiger partial charge < -0.3 is 15.4 Å². The molecule has 0 amide bonds. The Balaban J connectivity index is 1.77. The van der Waals surface area contributed by atoms with E-state index in [1.165, 1.54) is 6.33 Å². The van der Waals surface area contributed by atoms with E-state index < -0.39 is 0 Å². The molecule has 0 bridgehead atoms. The van der Waals surface area contributed by atoms with E-state index in [9.17, 15) is 0 Å². The molecule has 2 aromatic rings. The summed E-state index contributed by atoms with van der Waals surface area (Å²) >= 11 is 0. The van der Waals surface area contributed by atoms with Crippen LogP contribution in [-0.2, 0) is 4.74 Å². The fourth-order valence-corrected chi connectivity index (χ4v) is 2.85. The third kappa shape index (κ3) is 1.48. The van der Waals surface area contributed by atoms with Crippen LogP contribution < -0.4 is 10.6 Å². The highest BCUT2D eigenvalue weighted by atomic mass is 16.5. The molecule has 7 heteroatoms. The molecule has 2 aliphatic rings. The minimum absolute atomic E-state index is 0.0953. The van der Waals surface area contributed by atoms with E-state index in [0.717, 1.165) is 32.6 Å². The molecule has 0 saturated carbocycles. The Bertz CT molecular complexity index is 639. The zero-order valence-electron chi connectivity index (χ0n) is 10.4. The van der Waals surface area contributed by atoms with Gasteiger partial charge in [0, 0.05) is 13.2 Å². The van der Waals surface area contributed by atoms with Crippen LogP contribution in [0.5, 0.6) is 0 Å². The molecule has 7 nitrogen and oxygen atoms in total. The number of aromatic nitrogens is 4. The summed E-state index contributed by atoms with van der Waals surface area (Å²) < 4.78 is 5.52. The topological polar surface area (TPSA) is 90.0 Å². The number of nitrogens with zero attached hydrogens (tertiary/aromatic N) is 5. The van der Waals surface area contributed by atoms with Crippen LogP contribution in [0.25, 0.3) is 11.0 Å². The largest absolute Gasteiger partial charge is 0.382 e. The van der Waals surface area contributed by atoms with Crippen molar-refractivity contribution in [1.82, 2.24) is 19.9 Å². The second-order valence-electron chi connectivity index (χ2n) is 5.09. The van der Waals surface area contributed by atoms with E-state index >= 15 is 0 Å². The van der Waals surface area contributed by atoms with Crippen molar-refractivity contribution in [3.63, 3.8) is 0 Å². The predicted octanol–water partition coefficient (Wildman–Crippen LogP) is 0.371. The lowest BCUT2D eigenvalue weighted by molar-refractivity contribution is 0.155. The van der Waals surface area contributed by atoms with Gasteiger partial charge in [-0.3, -0.25) is 0 Å². The summed E-state index contributed by atoms with van der Waals surface area (Å²) in [6.07, 6.45) is 5.30. The lowest BCUT2D eigenvalue weighted by Crippen LogP contribution is -2.61. The SMILES string of the molecule is Nc1ncnc2cnc(N3CCC34CCOC4)nc12. The minimum atomic E-state index is 0.0953. The first-order valence-electron chi connectivity index (χ1n) is 6.37. The summed E-state index contributed by atoms with van der Waals surface area (Å²) in [4.78, 5) is 19.2. The van der Waals surface area contributed by atoms with Crippen molar-refractivity contribution in [3.8, 4) is 0 Å². The lowest BCUT2D eigenvalue weighted by Gasteiger charge is -2.49. The highest BCUT2D eigenvalue weighted by Gasteiger charge is 2.48. The Morgan fingerprint density at radius 2 is 2.21 bits per heavy atom. The molecule has 4 heterocycles. The maximum absolute atomic E-state index is 5.85. The number of hydrogen-bond donors (Lipinski definition) is 1. The van der Waals surface area contributed by atoms with E-state index in [-0.39, 0.29) is 5.54 Å². The van der Waals surface area contributed by atoms with Gasteiger partial charge >= 0.3 is 0 Å². The van der Waals surface area contributed by atoms with Gasteiger partial charge in [-0.25, -0.2) is 19.9 Å². The first kappa shape index (κ1) is 10.9. The molecule has 2 aromatic heterocycles. The first-order valence-corrected chi connectivity index (χ1v) is 6.37. The van der Waals surface area contributed by atoms with E-state index in [0.29, 0.717) is 22.8 Å². The van der Waals surface area contributed by atoms with Gasteiger partial charge in [-0.2, -0.15) is 0 Å². The number of fused-ring (bicyclic) bond motifs is 1. The summed E-state index contributed by atoms with van der Waals surface area (Å²) in [5.41, 5.74) is 7.23. The van der Waals surface area contributed by atoms with E-state index in [1.54, 1.807) is 6.20 Å². The maximum atomic E-state index is 5.85. The van der Waals surface area contributed by atoms with Crippen molar-refractivity contribution in [3.05, 3.63) is 12.5 Å². The van der Waals surface area contributed by atoms with Crippen LogP contribution >= 0.6 is 0 Å². The minimum Gasteiger partial charge on any atom is -0.382 e. The molecule has 2 fully saturated rings. The Labute approximate surface area is 109 Å². The summed E-state index contributed by atoms with van der Waals surface area (Å²) in [6.45, 7) is 2.53. The van der Waals surface area contributed by atoms with Gasteiger partial charge in [0.05, 0.1) is 18.3 Å². The number of nitrogens with two attached hydrogens (primary N) is 1. The molecule has 0 aromatic carbocycles. The summed E-state index contributed by atoms with van der Waals surface area (Å²) in [6, 6.07) is 0. The molecular weight excluding hydrogens is 244 g/mol. The summed E-state index contributed by atoms with van der Waals surface area (Å²) in [7, 11) is 0. The third-order valence-electron chi connectivity index (χ3n) is 4.09. The van der Waals surface area contributed by atoms with Crippen LogP contribution in [0.1, 0.15) is 12.8 Å². The van der Waals surface area contributed by atoms with E-state index in [1.807, 2.05) is 0 Å². The second-order valence-corrected chi connectivity index (χ2v) is 5.09.